The lowest BCUT2D eigenvalue weighted by molar-refractivity contribution is 0.0530. The van der Waals surface area contributed by atoms with Crippen LogP contribution in [0.1, 0.15) is 22.8 Å². The quantitative estimate of drug-likeness (QED) is 0.320. The highest BCUT2D eigenvalue weighted by molar-refractivity contribution is 7.23. The number of hydrogen-bond donors (Lipinski definition) is 0. The molecule has 3 aromatic rings. The largest absolute Gasteiger partial charge is 0.490 e. The summed E-state index contributed by atoms with van der Waals surface area (Å²) in [6.45, 7) is 6.21. The van der Waals surface area contributed by atoms with Crippen molar-refractivity contribution in [2.45, 2.75) is 6.92 Å². The summed E-state index contributed by atoms with van der Waals surface area (Å²) in [6.07, 6.45) is 3.43. The van der Waals surface area contributed by atoms with Gasteiger partial charge in [-0.25, -0.2) is 9.79 Å². The molecule has 0 fully saturated rings. The number of fused-ring (bicyclic) bond motifs is 1. The van der Waals surface area contributed by atoms with Crippen molar-refractivity contribution in [3.05, 3.63) is 72.3 Å². The molecule has 0 aliphatic heterocycles. The fourth-order valence-corrected chi connectivity index (χ4v) is 3.53. The third kappa shape index (κ3) is 4.00. The van der Waals surface area contributed by atoms with Gasteiger partial charge in [0.15, 0.2) is 0 Å². The Bertz CT molecular complexity index is 959. The van der Waals surface area contributed by atoms with Crippen LogP contribution in [-0.2, 0) is 4.74 Å². The van der Waals surface area contributed by atoms with E-state index in [1.807, 2.05) is 48.5 Å². The molecule has 0 saturated heterocycles. The van der Waals surface area contributed by atoms with Gasteiger partial charge in [-0.2, -0.15) is 0 Å². The summed E-state index contributed by atoms with van der Waals surface area (Å²) in [5, 5.41) is 1.51. The Balaban J connectivity index is 1.95. The van der Waals surface area contributed by atoms with E-state index < -0.39 is 0 Å². The van der Waals surface area contributed by atoms with E-state index in [1.165, 1.54) is 11.3 Å². The highest BCUT2D eigenvalue weighted by Crippen LogP contribution is 2.38. The second kappa shape index (κ2) is 8.45. The molecule has 3 rings (SSSR count). The van der Waals surface area contributed by atoms with Gasteiger partial charge in [-0.05, 0) is 30.7 Å². The van der Waals surface area contributed by atoms with Crippen molar-refractivity contribution >= 4 is 38.6 Å². The standard InChI is InChI=1S/C21H19NO3S/c1-3-12-25-16-9-7-8-15(13-16)14-22-20-19(21(23)24-4-2)17-10-5-6-11-18(17)26-20/h3,5-11,13-14H,1,4,12H2,2H3. The number of carbonyl (C=O) groups is 1. The second-order valence-electron chi connectivity index (χ2n) is 5.43. The monoisotopic (exact) mass is 365 g/mol. The average Bonchev–Trinajstić information content (AvgIpc) is 3.04. The number of thiophene rings is 1. The molecule has 0 aliphatic carbocycles. The van der Waals surface area contributed by atoms with E-state index >= 15 is 0 Å². The first-order valence-corrected chi connectivity index (χ1v) is 9.11. The zero-order valence-corrected chi connectivity index (χ0v) is 15.3. The SMILES string of the molecule is C=CCOc1cccc(C=Nc2sc3ccccc3c2C(=O)OCC)c1. The Labute approximate surface area is 156 Å². The molecule has 26 heavy (non-hydrogen) atoms. The van der Waals surface area contributed by atoms with Gasteiger partial charge in [-0.1, -0.05) is 43.0 Å². The number of nitrogens with zero attached hydrogens (tertiary/aromatic N) is 1. The lowest BCUT2D eigenvalue weighted by Crippen LogP contribution is -2.03. The van der Waals surface area contributed by atoms with Crippen molar-refractivity contribution in [1.82, 2.24) is 0 Å². The number of hydrogen-bond acceptors (Lipinski definition) is 5. The fraction of sp³-hybridized carbons (Fsp3) is 0.143. The fourth-order valence-electron chi connectivity index (χ4n) is 2.50. The van der Waals surface area contributed by atoms with Crippen LogP contribution in [0.5, 0.6) is 5.75 Å². The highest BCUT2D eigenvalue weighted by atomic mass is 32.1. The van der Waals surface area contributed by atoms with E-state index in [0.29, 0.717) is 23.8 Å². The van der Waals surface area contributed by atoms with Gasteiger partial charge in [0, 0.05) is 16.3 Å². The van der Waals surface area contributed by atoms with E-state index in [2.05, 4.69) is 11.6 Å². The van der Waals surface area contributed by atoms with Crippen molar-refractivity contribution in [2.75, 3.05) is 13.2 Å². The van der Waals surface area contributed by atoms with E-state index in [-0.39, 0.29) is 5.97 Å². The smallest absolute Gasteiger partial charge is 0.341 e. The van der Waals surface area contributed by atoms with Crippen LogP contribution in [0.4, 0.5) is 5.00 Å². The predicted octanol–water partition coefficient (Wildman–Crippen LogP) is 5.39. The molecule has 1 aromatic heterocycles. The molecular formula is C21H19NO3S. The molecule has 4 nitrogen and oxygen atoms in total. The van der Waals surface area contributed by atoms with E-state index in [9.17, 15) is 4.79 Å². The third-order valence-corrected chi connectivity index (χ3v) is 4.69. The summed E-state index contributed by atoms with van der Waals surface area (Å²) in [5.41, 5.74) is 1.40. The molecule has 0 N–H and O–H groups in total. The third-order valence-electron chi connectivity index (χ3n) is 3.61. The number of benzene rings is 2. The Morgan fingerprint density at radius 2 is 2.08 bits per heavy atom. The Morgan fingerprint density at radius 1 is 1.23 bits per heavy atom. The van der Waals surface area contributed by atoms with Crippen molar-refractivity contribution in [3.63, 3.8) is 0 Å². The molecule has 0 saturated carbocycles. The van der Waals surface area contributed by atoms with Gasteiger partial charge < -0.3 is 9.47 Å². The van der Waals surface area contributed by atoms with Crippen LogP contribution < -0.4 is 4.74 Å². The maximum absolute atomic E-state index is 12.4. The Morgan fingerprint density at radius 3 is 2.88 bits per heavy atom. The van der Waals surface area contributed by atoms with E-state index in [0.717, 1.165) is 21.4 Å². The maximum atomic E-state index is 12.4. The van der Waals surface area contributed by atoms with Crippen LogP contribution in [0.15, 0.2) is 66.2 Å². The first-order chi connectivity index (χ1) is 12.7. The Kier molecular flexibility index (Phi) is 5.81. The summed E-state index contributed by atoms with van der Waals surface area (Å²) in [4.78, 5) is 17.0. The summed E-state index contributed by atoms with van der Waals surface area (Å²) < 4.78 is 11.8. The van der Waals surface area contributed by atoms with Crippen molar-refractivity contribution < 1.29 is 14.3 Å². The van der Waals surface area contributed by atoms with Crippen LogP contribution in [-0.4, -0.2) is 25.4 Å². The molecule has 0 unspecified atom stereocenters. The summed E-state index contributed by atoms with van der Waals surface area (Å²) >= 11 is 1.47. The summed E-state index contributed by atoms with van der Waals surface area (Å²) in [5.74, 6) is 0.399. The molecule has 0 aliphatic rings. The average molecular weight is 365 g/mol. The van der Waals surface area contributed by atoms with Gasteiger partial charge in [0.05, 0.1) is 6.61 Å². The topological polar surface area (TPSA) is 47.9 Å². The second-order valence-corrected chi connectivity index (χ2v) is 6.46. The number of rotatable bonds is 7. The van der Waals surface area contributed by atoms with Gasteiger partial charge in [0.1, 0.15) is 22.9 Å². The molecule has 0 atom stereocenters. The summed E-state index contributed by atoms with van der Waals surface area (Å²) in [6, 6.07) is 15.4. The van der Waals surface area contributed by atoms with Crippen LogP contribution in [0.3, 0.4) is 0 Å². The van der Waals surface area contributed by atoms with Crippen molar-refractivity contribution in [3.8, 4) is 5.75 Å². The normalized spacial score (nSPS) is 11.0. The first kappa shape index (κ1) is 17.9. The number of ether oxygens (including phenoxy) is 2. The minimum atomic E-state index is -0.347. The zero-order valence-electron chi connectivity index (χ0n) is 14.5. The molecule has 1 heterocycles. The molecule has 0 bridgehead atoms. The van der Waals surface area contributed by atoms with E-state index in [1.54, 1.807) is 19.2 Å². The first-order valence-electron chi connectivity index (χ1n) is 8.29. The lowest BCUT2D eigenvalue weighted by atomic mass is 10.1. The van der Waals surface area contributed by atoms with Crippen LogP contribution >= 0.6 is 11.3 Å². The molecule has 0 radical (unpaired) electrons. The van der Waals surface area contributed by atoms with Crippen LogP contribution in [0.25, 0.3) is 10.1 Å². The number of carbonyl (C=O) groups excluding carboxylic acids is 1. The molecule has 2 aromatic carbocycles. The van der Waals surface area contributed by atoms with Gasteiger partial charge in [0.25, 0.3) is 0 Å². The molecule has 5 heteroatoms. The zero-order chi connectivity index (χ0) is 18.4. The highest BCUT2D eigenvalue weighted by Gasteiger charge is 2.19. The molecular weight excluding hydrogens is 346 g/mol. The van der Waals surface area contributed by atoms with Crippen LogP contribution in [0, 0.1) is 0 Å². The van der Waals surface area contributed by atoms with Gasteiger partial charge >= 0.3 is 5.97 Å². The van der Waals surface area contributed by atoms with E-state index in [4.69, 9.17) is 9.47 Å². The molecule has 0 amide bonds. The lowest BCUT2D eigenvalue weighted by Gasteiger charge is -2.03. The molecule has 132 valence electrons. The van der Waals surface area contributed by atoms with Gasteiger partial charge in [-0.3, -0.25) is 0 Å². The predicted molar refractivity (Wildman–Crippen MR) is 107 cm³/mol. The maximum Gasteiger partial charge on any atom is 0.341 e. The van der Waals surface area contributed by atoms with Gasteiger partial charge in [0.2, 0.25) is 0 Å². The number of aliphatic imine (C=N–C) groups is 1. The molecule has 0 spiro atoms. The number of esters is 1. The van der Waals surface area contributed by atoms with Gasteiger partial charge in [-0.15, -0.1) is 11.3 Å². The van der Waals surface area contributed by atoms with Crippen molar-refractivity contribution in [1.29, 1.82) is 0 Å². The minimum absolute atomic E-state index is 0.328. The van der Waals surface area contributed by atoms with Crippen LogP contribution in [0.2, 0.25) is 0 Å². The van der Waals surface area contributed by atoms with Crippen molar-refractivity contribution in [2.24, 2.45) is 4.99 Å². The minimum Gasteiger partial charge on any atom is -0.490 e. The Hall–Kier alpha value is -2.92. The summed E-state index contributed by atoms with van der Waals surface area (Å²) in [7, 11) is 0.